The predicted molar refractivity (Wildman–Crippen MR) is 109 cm³/mol. The van der Waals surface area contributed by atoms with E-state index in [1.165, 1.54) is 12.6 Å². The molecule has 2 heterocycles. The second-order valence-corrected chi connectivity index (χ2v) is 9.49. The fourth-order valence-electron chi connectivity index (χ4n) is 3.76. The van der Waals surface area contributed by atoms with Crippen LogP contribution in [-0.2, 0) is 9.84 Å². The molecule has 0 radical (unpaired) electrons. The largest absolute Gasteiger partial charge is 0.370 e. The van der Waals surface area contributed by atoms with Crippen LogP contribution in [0.1, 0.15) is 19.8 Å². The van der Waals surface area contributed by atoms with Crippen LogP contribution >= 0.6 is 11.6 Å². The van der Waals surface area contributed by atoms with E-state index in [9.17, 15) is 8.42 Å². The van der Waals surface area contributed by atoms with E-state index in [4.69, 9.17) is 11.6 Å². The van der Waals surface area contributed by atoms with Crippen molar-refractivity contribution in [3.05, 3.63) is 59.8 Å². The lowest BCUT2D eigenvalue weighted by Gasteiger charge is -2.34. The van der Waals surface area contributed by atoms with Crippen LogP contribution in [0, 0.1) is 5.92 Å². The van der Waals surface area contributed by atoms with Crippen molar-refractivity contribution in [2.75, 3.05) is 18.0 Å². The summed E-state index contributed by atoms with van der Waals surface area (Å²) in [6, 6.07) is 14.0. The zero-order chi connectivity index (χ0) is 19.0. The van der Waals surface area contributed by atoms with Crippen LogP contribution < -0.4 is 4.90 Å². The first-order chi connectivity index (χ1) is 13.0. The van der Waals surface area contributed by atoms with Crippen molar-refractivity contribution < 1.29 is 8.42 Å². The average Bonchev–Trinajstić information content (AvgIpc) is 2.67. The summed E-state index contributed by atoms with van der Waals surface area (Å²) in [5, 5.41) is 1.39. The summed E-state index contributed by atoms with van der Waals surface area (Å²) in [6.45, 7) is 3.90. The highest BCUT2D eigenvalue weighted by molar-refractivity contribution is 7.91. The molecule has 0 aliphatic carbocycles. The van der Waals surface area contributed by atoms with Gasteiger partial charge in [-0.1, -0.05) is 36.7 Å². The number of nitrogens with zero attached hydrogens (tertiary/aromatic N) is 2. The Labute approximate surface area is 164 Å². The third-order valence-corrected chi connectivity index (χ3v) is 7.12. The molecule has 6 heteroatoms. The zero-order valence-corrected chi connectivity index (χ0v) is 16.7. The topological polar surface area (TPSA) is 50.3 Å². The summed E-state index contributed by atoms with van der Waals surface area (Å²) in [6.07, 6.45) is 3.72. The van der Waals surface area contributed by atoms with Gasteiger partial charge in [-0.3, -0.25) is 4.98 Å². The summed E-state index contributed by atoms with van der Waals surface area (Å²) in [7, 11) is -3.71. The molecule has 0 N–H and O–H groups in total. The molecule has 0 bridgehead atoms. The number of aromatic nitrogens is 1. The number of fused-ring (bicyclic) bond motifs is 1. The quantitative estimate of drug-likeness (QED) is 0.623. The maximum Gasteiger partial charge on any atom is 0.210 e. The highest BCUT2D eigenvalue weighted by atomic mass is 35.5. The number of benzene rings is 2. The second-order valence-electron chi connectivity index (χ2n) is 7.14. The van der Waals surface area contributed by atoms with Gasteiger partial charge in [0.25, 0.3) is 0 Å². The lowest BCUT2D eigenvalue weighted by atomic mass is 9.99. The van der Waals surface area contributed by atoms with Gasteiger partial charge in [-0.05, 0) is 49.1 Å². The zero-order valence-electron chi connectivity index (χ0n) is 15.1. The van der Waals surface area contributed by atoms with Crippen molar-refractivity contribution in [1.29, 1.82) is 0 Å². The Balaban J connectivity index is 1.95. The minimum absolute atomic E-state index is 0.232. The highest BCUT2D eigenvalue weighted by Gasteiger charge is 2.28. The van der Waals surface area contributed by atoms with Crippen molar-refractivity contribution in [2.24, 2.45) is 5.92 Å². The van der Waals surface area contributed by atoms with Crippen LogP contribution in [0.15, 0.2) is 64.5 Å². The third-order valence-electron chi connectivity index (χ3n) is 5.10. The summed E-state index contributed by atoms with van der Waals surface area (Å²) in [5.74, 6) is 0.525. The van der Waals surface area contributed by atoms with Gasteiger partial charge in [0.15, 0.2) is 0 Å². The molecule has 1 aromatic heterocycles. The van der Waals surface area contributed by atoms with Crippen LogP contribution in [0.4, 0.5) is 5.69 Å². The maximum atomic E-state index is 13.4. The van der Waals surface area contributed by atoms with E-state index in [0.29, 0.717) is 10.9 Å². The van der Waals surface area contributed by atoms with Gasteiger partial charge in [0, 0.05) is 29.7 Å². The Morgan fingerprint density at radius 2 is 1.85 bits per heavy atom. The van der Waals surface area contributed by atoms with Gasteiger partial charge < -0.3 is 4.90 Å². The molecule has 1 saturated heterocycles. The first kappa shape index (κ1) is 18.3. The Kier molecular flexibility index (Phi) is 4.82. The van der Waals surface area contributed by atoms with E-state index in [1.807, 2.05) is 24.3 Å². The van der Waals surface area contributed by atoms with Crippen LogP contribution in [0.25, 0.3) is 10.9 Å². The van der Waals surface area contributed by atoms with Crippen molar-refractivity contribution in [3.63, 3.8) is 0 Å². The monoisotopic (exact) mass is 400 g/mol. The molecule has 0 saturated carbocycles. The summed E-state index contributed by atoms with van der Waals surface area (Å²) in [4.78, 5) is 7.14. The second kappa shape index (κ2) is 7.13. The number of hydrogen-bond donors (Lipinski definition) is 0. The number of hydrogen-bond acceptors (Lipinski definition) is 4. The van der Waals surface area contributed by atoms with E-state index < -0.39 is 9.84 Å². The molecule has 1 aliphatic rings. The third kappa shape index (κ3) is 3.42. The van der Waals surface area contributed by atoms with E-state index in [1.54, 1.807) is 24.3 Å². The standard InChI is InChI=1S/C21H21ClN2O2S/c1-15-5-4-12-24(14-15)21-18-6-2-3-7-19(18)23-13-20(21)27(25,26)17-10-8-16(22)9-11-17/h2-3,6-11,13,15H,4-5,12,14H2,1H3/t15-/m0/s1. The summed E-state index contributed by atoms with van der Waals surface area (Å²) < 4.78 is 26.8. The van der Waals surface area contributed by atoms with Gasteiger partial charge in [-0.2, -0.15) is 0 Å². The fourth-order valence-corrected chi connectivity index (χ4v) is 5.32. The number of halogens is 1. The highest BCUT2D eigenvalue weighted by Crippen LogP contribution is 2.37. The Hall–Kier alpha value is -2.11. The Bertz CT molecular complexity index is 1080. The summed E-state index contributed by atoms with van der Waals surface area (Å²) >= 11 is 5.94. The molecular weight excluding hydrogens is 380 g/mol. The first-order valence-electron chi connectivity index (χ1n) is 9.10. The molecule has 0 spiro atoms. The van der Waals surface area contributed by atoms with Crippen molar-refractivity contribution in [2.45, 2.75) is 29.6 Å². The number of sulfone groups is 1. The molecule has 1 fully saturated rings. The molecule has 1 aliphatic heterocycles. The molecule has 140 valence electrons. The van der Waals surface area contributed by atoms with Crippen molar-refractivity contribution in [3.8, 4) is 0 Å². The van der Waals surface area contributed by atoms with E-state index >= 15 is 0 Å². The normalized spacial score (nSPS) is 18.0. The molecule has 0 amide bonds. The minimum Gasteiger partial charge on any atom is -0.370 e. The van der Waals surface area contributed by atoms with E-state index in [0.717, 1.165) is 36.1 Å². The number of piperidine rings is 1. The van der Waals surface area contributed by atoms with E-state index in [2.05, 4.69) is 16.8 Å². The lowest BCUT2D eigenvalue weighted by Crippen LogP contribution is -2.35. The predicted octanol–water partition coefficient (Wildman–Crippen LogP) is 4.96. The van der Waals surface area contributed by atoms with Gasteiger partial charge in [-0.25, -0.2) is 8.42 Å². The van der Waals surface area contributed by atoms with Crippen LogP contribution in [-0.4, -0.2) is 26.5 Å². The van der Waals surface area contributed by atoms with Crippen LogP contribution in [0.5, 0.6) is 0 Å². The average molecular weight is 401 g/mol. The number of rotatable bonds is 3. The fraction of sp³-hybridized carbons (Fsp3) is 0.286. The van der Waals surface area contributed by atoms with Crippen molar-refractivity contribution in [1.82, 2.24) is 4.98 Å². The Morgan fingerprint density at radius 1 is 1.11 bits per heavy atom. The van der Waals surface area contributed by atoms with Crippen LogP contribution in [0.2, 0.25) is 5.02 Å². The van der Waals surface area contributed by atoms with Crippen molar-refractivity contribution >= 4 is 38.0 Å². The molecule has 4 rings (SSSR count). The molecule has 0 unspecified atom stereocenters. The molecule has 3 aromatic rings. The minimum atomic E-state index is -3.71. The Morgan fingerprint density at radius 3 is 2.59 bits per heavy atom. The van der Waals surface area contributed by atoms with Gasteiger partial charge in [0.05, 0.1) is 16.1 Å². The van der Waals surface area contributed by atoms with Gasteiger partial charge in [0.2, 0.25) is 9.84 Å². The molecule has 27 heavy (non-hydrogen) atoms. The van der Waals surface area contributed by atoms with Crippen LogP contribution in [0.3, 0.4) is 0 Å². The lowest BCUT2D eigenvalue weighted by molar-refractivity contribution is 0.446. The smallest absolute Gasteiger partial charge is 0.210 e. The summed E-state index contributed by atoms with van der Waals surface area (Å²) in [5.41, 5.74) is 1.57. The van der Waals surface area contributed by atoms with Gasteiger partial charge in [-0.15, -0.1) is 0 Å². The van der Waals surface area contributed by atoms with Gasteiger partial charge >= 0.3 is 0 Å². The van der Waals surface area contributed by atoms with E-state index in [-0.39, 0.29) is 9.79 Å². The number of pyridine rings is 1. The molecule has 1 atom stereocenters. The number of anilines is 1. The SMILES string of the molecule is C[C@H]1CCCN(c2c(S(=O)(=O)c3ccc(Cl)cc3)cnc3ccccc23)C1. The van der Waals surface area contributed by atoms with Gasteiger partial charge in [0.1, 0.15) is 4.90 Å². The molecule has 4 nitrogen and oxygen atoms in total. The maximum absolute atomic E-state index is 13.4. The molecular formula is C21H21ClN2O2S. The first-order valence-corrected chi connectivity index (χ1v) is 11.0. The number of para-hydroxylation sites is 1. The molecule has 2 aromatic carbocycles.